The van der Waals surface area contributed by atoms with E-state index in [0.717, 1.165) is 29.6 Å². The van der Waals surface area contributed by atoms with Crippen LogP contribution in [0.15, 0.2) is 59.0 Å². The van der Waals surface area contributed by atoms with Crippen molar-refractivity contribution in [2.24, 2.45) is 0 Å². The fourth-order valence-electron chi connectivity index (χ4n) is 2.12. The van der Waals surface area contributed by atoms with Crippen molar-refractivity contribution >= 4 is 11.0 Å². The average Bonchev–Trinajstić information content (AvgIpc) is 2.79. The fraction of sp³-hybridized carbons (Fsp3) is 0.125. The van der Waals surface area contributed by atoms with Crippen LogP contribution in [0.4, 0.5) is 0 Å². The summed E-state index contributed by atoms with van der Waals surface area (Å²) in [6.07, 6.45) is 1.84. The van der Waals surface area contributed by atoms with Gasteiger partial charge in [0.25, 0.3) is 0 Å². The molecular formula is C16H14O2. The van der Waals surface area contributed by atoms with E-state index < -0.39 is 0 Å². The van der Waals surface area contributed by atoms with Crippen molar-refractivity contribution in [2.45, 2.75) is 12.8 Å². The molecule has 1 heterocycles. The second-order valence-corrected chi connectivity index (χ2v) is 4.42. The number of rotatable bonds is 3. The summed E-state index contributed by atoms with van der Waals surface area (Å²) < 4.78 is 5.73. The average molecular weight is 238 g/mol. The zero-order chi connectivity index (χ0) is 12.4. The maximum Gasteiger partial charge on any atom is 0.134 e. The van der Waals surface area contributed by atoms with Gasteiger partial charge in [-0.05, 0) is 36.2 Å². The molecule has 1 aromatic heterocycles. The number of fused-ring (bicyclic) bond motifs is 1. The Balaban J connectivity index is 1.79. The first-order valence-corrected chi connectivity index (χ1v) is 6.07. The number of hydrogen-bond donors (Lipinski definition) is 1. The Morgan fingerprint density at radius 1 is 0.889 bits per heavy atom. The first-order valence-electron chi connectivity index (χ1n) is 6.07. The first-order chi connectivity index (χ1) is 8.81. The number of phenols is 1. The van der Waals surface area contributed by atoms with Gasteiger partial charge in [-0.25, -0.2) is 0 Å². The summed E-state index contributed by atoms with van der Waals surface area (Å²) in [4.78, 5) is 0. The van der Waals surface area contributed by atoms with Gasteiger partial charge in [0, 0.05) is 11.8 Å². The van der Waals surface area contributed by atoms with E-state index in [9.17, 15) is 5.11 Å². The standard InChI is InChI=1S/C16H14O2/c17-14-7-9-16-13(10-14)11-15(18-16)8-6-12-4-2-1-3-5-12/h1-5,7,9-11,17H,6,8H2. The van der Waals surface area contributed by atoms with E-state index in [-0.39, 0.29) is 5.75 Å². The second-order valence-electron chi connectivity index (χ2n) is 4.42. The molecule has 90 valence electrons. The van der Waals surface area contributed by atoms with Crippen molar-refractivity contribution in [1.29, 1.82) is 0 Å². The summed E-state index contributed by atoms with van der Waals surface area (Å²) in [7, 11) is 0. The van der Waals surface area contributed by atoms with Gasteiger partial charge in [-0.3, -0.25) is 0 Å². The molecule has 0 saturated heterocycles. The van der Waals surface area contributed by atoms with Gasteiger partial charge in [0.05, 0.1) is 0 Å². The second kappa shape index (κ2) is 4.57. The molecular weight excluding hydrogens is 224 g/mol. The van der Waals surface area contributed by atoms with Crippen LogP contribution >= 0.6 is 0 Å². The van der Waals surface area contributed by atoms with E-state index in [2.05, 4.69) is 12.1 Å². The Bertz CT molecular complexity index is 653. The molecule has 3 rings (SSSR count). The summed E-state index contributed by atoms with van der Waals surface area (Å²) in [5.41, 5.74) is 2.14. The smallest absolute Gasteiger partial charge is 0.134 e. The fourth-order valence-corrected chi connectivity index (χ4v) is 2.12. The van der Waals surface area contributed by atoms with Gasteiger partial charge in [0.2, 0.25) is 0 Å². The lowest BCUT2D eigenvalue weighted by atomic mass is 10.1. The number of aromatic hydroxyl groups is 1. The van der Waals surface area contributed by atoms with Crippen molar-refractivity contribution in [3.63, 3.8) is 0 Å². The van der Waals surface area contributed by atoms with Crippen LogP contribution in [0.2, 0.25) is 0 Å². The van der Waals surface area contributed by atoms with Crippen LogP contribution in [-0.4, -0.2) is 5.11 Å². The number of phenolic OH excluding ortho intramolecular Hbond substituents is 1. The monoisotopic (exact) mass is 238 g/mol. The maximum absolute atomic E-state index is 9.41. The molecule has 0 spiro atoms. The summed E-state index contributed by atoms with van der Waals surface area (Å²) in [6.45, 7) is 0. The molecule has 2 aromatic carbocycles. The molecule has 0 aliphatic rings. The van der Waals surface area contributed by atoms with E-state index >= 15 is 0 Å². The quantitative estimate of drug-likeness (QED) is 0.750. The molecule has 2 nitrogen and oxygen atoms in total. The minimum absolute atomic E-state index is 0.276. The lowest BCUT2D eigenvalue weighted by Gasteiger charge is -1.97. The van der Waals surface area contributed by atoms with Gasteiger partial charge in [0.15, 0.2) is 0 Å². The van der Waals surface area contributed by atoms with Gasteiger partial charge >= 0.3 is 0 Å². The molecule has 0 aliphatic carbocycles. The van der Waals surface area contributed by atoms with Gasteiger partial charge in [-0.2, -0.15) is 0 Å². The molecule has 0 bridgehead atoms. The van der Waals surface area contributed by atoms with Gasteiger partial charge in [-0.1, -0.05) is 30.3 Å². The Morgan fingerprint density at radius 3 is 2.56 bits per heavy atom. The largest absolute Gasteiger partial charge is 0.508 e. The highest BCUT2D eigenvalue weighted by Crippen LogP contribution is 2.24. The summed E-state index contributed by atoms with van der Waals surface area (Å²) in [6, 6.07) is 17.5. The number of furan rings is 1. The maximum atomic E-state index is 9.41. The van der Waals surface area contributed by atoms with Crippen LogP contribution in [0.5, 0.6) is 5.75 Å². The number of aryl methyl sites for hydroxylation is 2. The van der Waals surface area contributed by atoms with Crippen molar-refractivity contribution in [2.75, 3.05) is 0 Å². The molecule has 1 N–H and O–H groups in total. The third kappa shape index (κ3) is 2.23. The van der Waals surface area contributed by atoms with Gasteiger partial charge < -0.3 is 9.52 Å². The Labute approximate surface area is 105 Å². The van der Waals surface area contributed by atoms with Crippen molar-refractivity contribution in [1.82, 2.24) is 0 Å². The molecule has 2 heteroatoms. The Morgan fingerprint density at radius 2 is 1.72 bits per heavy atom. The molecule has 0 atom stereocenters. The summed E-state index contributed by atoms with van der Waals surface area (Å²) in [5, 5.41) is 10.4. The molecule has 0 saturated carbocycles. The SMILES string of the molecule is Oc1ccc2oc(CCc3ccccc3)cc2c1. The number of benzene rings is 2. The Hall–Kier alpha value is -2.22. The van der Waals surface area contributed by atoms with Gasteiger partial charge in [-0.15, -0.1) is 0 Å². The third-order valence-corrected chi connectivity index (χ3v) is 3.05. The molecule has 0 fully saturated rings. The van der Waals surface area contributed by atoms with Crippen LogP contribution in [0.1, 0.15) is 11.3 Å². The minimum Gasteiger partial charge on any atom is -0.508 e. The van der Waals surface area contributed by atoms with E-state index in [1.807, 2.05) is 24.3 Å². The van der Waals surface area contributed by atoms with Crippen LogP contribution in [0.25, 0.3) is 11.0 Å². The number of hydrogen-bond acceptors (Lipinski definition) is 2. The molecule has 3 aromatic rings. The van der Waals surface area contributed by atoms with Crippen LogP contribution in [0.3, 0.4) is 0 Å². The van der Waals surface area contributed by atoms with E-state index in [4.69, 9.17) is 4.42 Å². The zero-order valence-electron chi connectivity index (χ0n) is 9.97. The lowest BCUT2D eigenvalue weighted by molar-refractivity contribution is 0.475. The highest BCUT2D eigenvalue weighted by molar-refractivity contribution is 5.79. The van der Waals surface area contributed by atoms with E-state index in [1.165, 1.54) is 5.56 Å². The highest BCUT2D eigenvalue weighted by Gasteiger charge is 2.04. The predicted molar refractivity (Wildman–Crippen MR) is 71.7 cm³/mol. The molecule has 0 radical (unpaired) electrons. The van der Waals surface area contributed by atoms with Gasteiger partial charge in [0.1, 0.15) is 17.1 Å². The summed E-state index contributed by atoms with van der Waals surface area (Å²) >= 11 is 0. The minimum atomic E-state index is 0.276. The molecule has 0 amide bonds. The third-order valence-electron chi connectivity index (χ3n) is 3.05. The predicted octanol–water partition coefficient (Wildman–Crippen LogP) is 3.92. The summed E-state index contributed by atoms with van der Waals surface area (Å²) in [5.74, 6) is 1.23. The molecule has 18 heavy (non-hydrogen) atoms. The van der Waals surface area contributed by atoms with Crippen molar-refractivity contribution in [3.05, 3.63) is 65.9 Å². The van der Waals surface area contributed by atoms with Crippen LogP contribution in [-0.2, 0) is 12.8 Å². The van der Waals surface area contributed by atoms with Crippen LogP contribution in [0, 0.1) is 0 Å². The van der Waals surface area contributed by atoms with Crippen molar-refractivity contribution < 1.29 is 9.52 Å². The molecule has 0 unspecified atom stereocenters. The molecule has 0 aliphatic heterocycles. The van der Waals surface area contributed by atoms with E-state index in [1.54, 1.807) is 18.2 Å². The first kappa shape index (κ1) is 10.9. The lowest BCUT2D eigenvalue weighted by Crippen LogP contribution is -1.88. The normalized spacial score (nSPS) is 10.9. The van der Waals surface area contributed by atoms with E-state index in [0.29, 0.717) is 0 Å². The van der Waals surface area contributed by atoms with Crippen LogP contribution < -0.4 is 0 Å². The topological polar surface area (TPSA) is 33.4 Å². The highest BCUT2D eigenvalue weighted by atomic mass is 16.3. The zero-order valence-corrected chi connectivity index (χ0v) is 9.97. The Kier molecular flexibility index (Phi) is 2.77. The van der Waals surface area contributed by atoms with Crippen molar-refractivity contribution in [3.8, 4) is 5.75 Å².